The number of halogens is 1. The quantitative estimate of drug-likeness (QED) is 0.536. The zero-order valence-electron chi connectivity index (χ0n) is 21.1. The van der Waals surface area contributed by atoms with Gasteiger partial charge in [-0.05, 0) is 101 Å². The molecule has 0 spiro atoms. The Hall–Kier alpha value is -3.05. The minimum atomic E-state index is -0.365. The summed E-state index contributed by atoms with van der Waals surface area (Å²) in [5.74, 6) is 1.43. The number of rotatable bonds is 3. The van der Waals surface area contributed by atoms with Gasteiger partial charge in [-0.3, -0.25) is 9.78 Å². The summed E-state index contributed by atoms with van der Waals surface area (Å²) in [6.45, 7) is 2.82. The van der Waals surface area contributed by atoms with Gasteiger partial charge in [0.1, 0.15) is 5.75 Å². The van der Waals surface area contributed by atoms with Crippen molar-refractivity contribution in [2.24, 2.45) is 17.6 Å². The van der Waals surface area contributed by atoms with Gasteiger partial charge < -0.3 is 20.6 Å². The van der Waals surface area contributed by atoms with Crippen molar-refractivity contribution in [3.8, 4) is 18.6 Å². The van der Waals surface area contributed by atoms with Crippen molar-refractivity contribution in [2.75, 3.05) is 26.2 Å². The molecule has 2 aliphatic heterocycles. The van der Waals surface area contributed by atoms with Crippen LogP contribution in [0.1, 0.15) is 60.4 Å². The average Bonchev–Trinajstić information content (AvgIpc) is 3.06. The molecule has 1 aromatic carbocycles. The number of amides is 3. The predicted octanol–water partition coefficient (Wildman–Crippen LogP) is 4.45. The van der Waals surface area contributed by atoms with Crippen LogP contribution in [0.25, 0.3) is 0 Å². The lowest BCUT2D eigenvalue weighted by atomic mass is 9.76. The number of likely N-dealkylation sites (tertiary alicyclic amines) is 2. The molecule has 3 aliphatic rings. The highest BCUT2D eigenvalue weighted by atomic mass is 79.9. The third kappa shape index (κ3) is 6.10. The molecule has 3 N–H and O–H groups in total. The van der Waals surface area contributed by atoms with Gasteiger partial charge in [-0.15, -0.1) is 12.8 Å². The maximum Gasteiger partial charge on any atom is 0.314 e. The van der Waals surface area contributed by atoms with Crippen molar-refractivity contribution < 1.29 is 14.7 Å². The van der Waals surface area contributed by atoms with E-state index in [9.17, 15) is 14.7 Å². The minimum absolute atomic E-state index is 0.173. The minimum Gasteiger partial charge on any atom is -0.508 e. The molecular weight excluding hydrogens is 532 g/mol. The highest BCUT2D eigenvalue weighted by Crippen LogP contribution is 2.43. The number of carbonyl (C=O) groups is 2. The molecule has 8 heteroatoms. The molecule has 2 fully saturated rings. The van der Waals surface area contributed by atoms with Gasteiger partial charge in [-0.1, -0.05) is 6.07 Å². The van der Waals surface area contributed by atoms with E-state index in [0.29, 0.717) is 37.1 Å². The summed E-state index contributed by atoms with van der Waals surface area (Å²) >= 11 is 3.58. The molecule has 37 heavy (non-hydrogen) atoms. The van der Waals surface area contributed by atoms with Crippen LogP contribution in [0, 0.1) is 24.7 Å². The van der Waals surface area contributed by atoms with E-state index in [0.717, 1.165) is 61.8 Å². The Morgan fingerprint density at radius 2 is 1.65 bits per heavy atom. The summed E-state index contributed by atoms with van der Waals surface area (Å²) in [6, 6.07) is 7.59. The number of urea groups is 1. The fourth-order valence-corrected chi connectivity index (χ4v) is 6.57. The highest BCUT2D eigenvalue weighted by Gasteiger charge is 2.35. The van der Waals surface area contributed by atoms with E-state index < -0.39 is 0 Å². The number of primary amides is 1. The van der Waals surface area contributed by atoms with Gasteiger partial charge in [0, 0.05) is 49.2 Å². The normalized spacial score (nSPS) is 20.1. The van der Waals surface area contributed by atoms with Crippen molar-refractivity contribution in [2.45, 2.75) is 50.9 Å². The van der Waals surface area contributed by atoms with Gasteiger partial charge in [0.15, 0.2) is 0 Å². The summed E-state index contributed by atoms with van der Waals surface area (Å²) in [6.07, 6.45) is 15.8. The summed E-state index contributed by atoms with van der Waals surface area (Å²) < 4.78 is 0.992. The highest BCUT2D eigenvalue weighted by molar-refractivity contribution is 9.10. The van der Waals surface area contributed by atoms with Crippen LogP contribution in [0.3, 0.4) is 0 Å². The topological polar surface area (TPSA) is 99.8 Å². The number of fused-ring (bicyclic) bond motifs is 2. The lowest BCUT2D eigenvalue weighted by Gasteiger charge is -2.38. The Balaban J connectivity index is 0.00000156. The van der Waals surface area contributed by atoms with Crippen LogP contribution in [-0.2, 0) is 17.6 Å². The molecule has 1 unspecified atom stereocenters. The number of piperidine rings is 2. The van der Waals surface area contributed by atoms with Crippen LogP contribution in [0.2, 0.25) is 0 Å². The van der Waals surface area contributed by atoms with Crippen LogP contribution in [0.4, 0.5) is 4.79 Å². The maximum atomic E-state index is 13.1. The first-order chi connectivity index (χ1) is 17.9. The second-order valence-electron chi connectivity index (χ2n) is 10.2. The number of phenolic OH excluding ortho intramolecular Hbond substituents is 1. The number of phenols is 1. The summed E-state index contributed by atoms with van der Waals surface area (Å²) in [5.41, 5.74) is 10.3. The molecule has 3 amide bonds. The number of aryl methyl sites for hydroxylation is 2. The number of pyridine rings is 1. The van der Waals surface area contributed by atoms with Gasteiger partial charge in [-0.2, -0.15) is 0 Å². The Morgan fingerprint density at radius 1 is 1.00 bits per heavy atom. The number of aromatic nitrogens is 1. The second kappa shape index (κ2) is 12.0. The fourth-order valence-electron chi connectivity index (χ4n) is 6.19. The monoisotopic (exact) mass is 566 g/mol. The summed E-state index contributed by atoms with van der Waals surface area (Å²) in [4.78, 5) is 33.0. The fraction of sp³-hybridized carbons (Fsp3) is 0.483. The number of carbonyl (C=O) groups excluding carboxylic acids is 2. The summed E-state index contributed by atoms with van der Waals surface area (Å²) in [5, 5.41) is 10.1. The van der Waals surface area contributed by atoms with Crippen molar-refractivity contribution in [3.05, 3.63) is 57.3 Å². The third-order valence-corrected chi connectivity index (χ3v) is 8.57. The van der Waals surface area contributed by atoms with Crippen LogP contribution >= 0.6 is 15.9 Å². The largest absolute Gasteiger partial charge is 0.508 e. The molecule has 1 atom stereocenters. The molecule has 1 aromatic heterocycles. The Labute approximate surface area is 227 Å². The zero-order chi connectivity index (χ0) is 26.5. The Kier molecular flexibility index (Phi) is 8.75. The Morgan fingerprint density at radius 3 is 2.32 bits per heavy atom. The van der Waals surface area contributed by atoms with E-state index in [1.807, 2.05) is 17.2 Å². The number of terminal acetylenes is 1. The molecule has 0 bridgehead atoms. The van der Waals surface area contributed by atoms with Gasteiger partial charge in [-0.25, -0.2) is 4.79 Å². The number of aromatic hydroxyl groups is 1. The SMILES string of the molecule is C#C.NC(=O)N1CCC(CC(=O)N2CCC(C3c4ccc(O)cc4CCc4cc(Br)cnc43)CC2)CC1. The predicted molar refractivity (Wildman–Crippen MR) is 147 cm³/mol. The van der Waals surface area contributed by atoms with Crippen molar-refractivity contribution in [1.29, 1.82) is 0 Å². The van der Waals surface area contributed by atoms with Gasteiger partial charge >= 0.3 is 6.03 Å². The average molecular weight is 568 g/mol. The van der Waals surface area contributed by atoms with E-state index in [1.54, 1.807) is 11.0 Å². The first-order valence-electron chi connectivity index (χ1n) is 13.0. The number of nitrogens with two attached hydrogens (primary N) is 1. The molecule has 0 saturated carbocycles. The van der Waals surface area contributed by atoms with Crippen LogP contribution in [-0.4, -0.2) is 58.0 Å². The molecular formula is C29H35BrN4O3. The standard InChI is InChI=1S/C27H33BrN4O3.C2H2/c28-21-14-20-2-1-19-15-22(33)3-4-23(19)25(26(20)30-16-21)18-7-11-31(12-8-18)24(34)13-17-5-9-32(10-6-17)27(29)35;1-2/h3-4,14-18,25,33H,1-2,5-13H2,(H2,29,35);1-2H. The van der Waals surface area contributed by atoms with E-state index in [4.69, 9.17) is 10.7 Å². The first kappa shape index (κ1) is 27.0. The maximum absolute atomic E-state index is 13.1. The molecule has 196 valence electrons. The molecule has 2 aromatic rings. The van der Waals surface area contributed by atoms with Crippen molar-refractivity contribution in [1.82, 2.24) is 14.8 Å². The van der Waals surface area contributed by atoms with Gasteiger partial charge in [0.25, 0.3) is 0 Å². The van der Waals surface area contributed by atoms with Crippen LogP contribution in [0.15, 0.2) is 34.9 Å². The van der Waals surface area contributed by atoms with E-state index in [1.165, 1.54) is 16.7 Å². The molecule has 1 aliphatic carbocycles. The van der Waals surface area contributed by atoms with Crippen molar-refractivity contribution >= 4 is 27.9 Å². The molecule has 7 nitrogen and oxygen atoms in total. The third-order valence-electron chi connectivity index (χ3n) is 8.14. The van der Waals surface area contributed by atoms with Crippen LogP contribution in [0.5, 0.6) is 5.75 Å². The number of hydrogen-bond donors (Lipinski definition) is 2. The number of hydrogen-bond acceptors (Lipinski definition) is 4. The van der Waals surface area contributed by atoms with E-state index >= 15 is 0 Å². The second-order valence-corrected chi connectivity index (χ2v) is 11.2. The molecule has 5 rings (SSSR count). The van der Waals surface area contributed by atoms with E-state index in [2.05, 4.69) is 40.9 Å². The lowest BCUT2D eigenvalue weighted by Crippen LogP contribution is -2.44. The smallest absolute Gasteiger partial charge is 0.314 e. The zero-order valence-corrected chi connectivity index (χ0v) is 22.7. The first-order valence-corrected chi connectivity index (χ1v) is 13.8. The molecule has 0 radical (unpaired) electrons. The molecule has 2 saturated heterocycles. The van der Waals surface area contributed by atoms with Crippen molar-refractivity contribution in [3.63, 3.8) is 0 Å². The molecule has 3 heterocycles. The summed E-state index contributed by atoms with van der Waals surface area (Å²) in [7, 11) is 0. The number of benzene rings is 1. The van der Waals surface area contributed by atoms with E-state index in [-0.39, 0.29) is 17.9 Å². The van der Waals surface area contributed by atoms with Gasteiger partial charge in [0.05, 0.1) is 5.69 Å². The lowest BCUT2D eigenvalue weighted by molar-refractivity contribution is -0.134. The van der Waals surface area contributed by atoms with Crippen LogP contribution < -0.4 is 5.73 Å². The Bertz CT molecular complexity index is 1100. The van der Waals surface area contributed by atoms with Gasteiger partial charge in [0.2, 0.25) is 5.91 Å². The number of nitrogens with zero attached hydrogens (tertiary/aromatic N) is 3.